The van der Waals surface area contributed by atoms with Crippen LogP contribution < -0.4 is 32.0 Å². The first-order chi connectivity index (χ1) is 15.4. The van der Waals surface area contributed by atoms with E-state index < -0.39 is 5.97 Å². The van der Waals surface area contributed by atoms with Crippen molar-refractivity contribution >= 4 is 17.5 Å². The van der Waals surface area contributed by atoms with Crippen molar-refractivity contribution in [1.82, 2.24) is 20.8 Å². The van der Waals surface area contributed by atoms with Crippen molar-refractivity contribution < 1.29 is 19.7 Å². The number of phenolic OH excluding ortho intramolecular Hbond substituents is 1. The number of aliphatic carboxylic acids is 1. The maximum atomic E-state index is 12.2. The van der Waals surface area contributed by atoms with Gasteiger partial charge in [-0.25, -0.2) is 4.98 Å². The van der Waals surface area contributed by atoms with Crippen LogP contribution in [-0.2, 0) is 4.79 Å². The molecule has 0 bridgehead atoms. The highest BCUT2D eigenvalue weighted by Crippen LogP contribution is 2.34. The summed E-state index contributed by atoms with van der Waals surface area (Å²) >= 11 is 0. The van der Waals surface area contributed by atoms with Crippen LogP contribution >= 0.6 is 0 Å². The smallest absolute Gasteiger partial charge is 0.317 e. The molecule has 0 unspecified atom stereocenters. The third-order valence-electron chi connectivity index (χ3n) is 4.35. The average Bonchev–Trinajstić information content (AvgIpc) is 3.24. The molecule has 11 heteroatoms. The lowest BCUT2D eigenvalue weighted by Gasteiger charge is -2.12. The minimum absolute atomic E-state index is 0.0417. The fraction of sp³-hybridized carbons (Fsp3) is 0.190. The normalized spacial score (nSPS) is 11.4. The number of carboxylic acid groups (broad SMARTS) is 1. The Labute approximate surface area is 183 Å². The van der Waals surface area contributed by atoms with E-state index in [2.05, 4.69) is 31.7 Å². The van der Waals surface area contributed by atoms with Gasteiger partial charge in [-0.1, -0.05) is 18.2 Å². The van der Waals surface area contributed by atoms with Gasteiger partial charge in [-0.2, -0.15) is 0 Å². The number of aromatic amines is 1. The largest absolute Gasteiger partial charge is 0.508 e. The maximum Gasteiger partial charge on any atom is 0.317 e. The lowest BCUT2D eigenvalue weighted by Crippen LogP contribution is -2.21. The van der Waals surface area contributed by atoms with Gasteiger partial charge in [0.1, 0.15) is 17.3 Å². The Morgan fingerprint density at radius 1 is 1.12 bits per heavy atom. The summed E-state index contributed by atoms with van der Waals surface area (Å²) in [6.07, 6.45) is 0. The van der Waals surface area contributed by atoms with Crippen molar-refractivity contribution in [3.8, 4) is 34.0 Å². The summed E-state index contributed by atoms with van der Waals surface area (Å²) < 4.78 is 5.77. The number of H-pyrrole nitrogens is 1. The summed E-state index contributed by atoms with van der Waals surface area (Å²) in [6, 6.07) is 12.6. The Balaban J connectivity index is 0.000000427. The SMILES string of the molecule is CCOc1cc(-c2ccc(O)cc2)ccc1-c1nc2c(c(=O)[nH]1)NNN2.CNCC(=O)O. The van der Waals surface area contributed by atoms with E-state index in [0.717, 1.165) is 11.1 Å². The molecule has 0 radical (unpaired) electrons. The van der Waals surface area contributed by atoms with E-state index in [4.69, 9.17) is 9.84 Å². The monoisotopic (exact) mass is 440 g/mol. The molecule has 1 aliphatic rings. The van der Waals surface area contributed by atoms with Crippen molar-refractivity contribution in [1.29, 1.82) is 0 Å². The van der Waals surface area contributed by atoms with Gasteiger partial charge in [0.2, 0.25) is 0 Å². The molecule has 4 rings (SSSR count). The number of hydrogen-bond acceptors (Lipinski definition) is 9. The summed E-state index contributed by atoms with van der Waals surface area (Å²) in [5.74, 6) is 0.837. The topological polar surface area (TPSA) is 161 Å². The molecular formula is C21H24N6O5. The molecule has 0 amide bonds. The minimum Gasteiger partial charge on any atom is -0.508 e. The second kappa shape index (κ2) is 10.3. The van der Waals surface area contributed by atoms with Gasteiger partial charge >= 0.3 is 5.97 Å². The number of nitrogens with one attached hydrogen (secondary N) is 5. The number of carboxylic acids is 1. The molecule has 0 saturated heterocycles. The highest BCUT2D eigenvalue weighted by Gasteiger charge is 2.19. The zero-order chi connectivity index (χ0) is 23.1. The second-order valence-corrected chi connectivity index (χ2v) is 6.63. The Kier molecular flexibility index (Phi) is 7.26. The summed E-state index contributed by atoms with van der Waals surface area (Å²) in [4.78, 5) is 28.9. The number of rotatable bonds is 6. The van der Waals surface area contributed by atoms with Crippen molar-refractivity contribution in [2.75, 3.05) is 31.1 Å². The van der Waals surface area contributed by atoms with Crippen LogP contribution in [0.2, 0.25) is 0 Å². The Morgan fingerprint density at radius 2 is 1.84 bits per heavy atom. The lowest BCUT2D eigenvalue weighted by atomic mass is 10.0. The molecule has 32 heavy (non-hydrogen) atoms. The fourth-order valence-corrected chi connectivity index (χ4v) is 2.94. The van der Waals surface area contributed by atoms with E-state index in [9.17, 15) is 14.7 Å². The molecule has 11 nitrogen and oxygen atoms in total. The molecule has 0 saturated carbocycles. The molecule has 0 fully saturated rings. The van der Waals surface area contributed by atoms with Crippen molar-refractivity contribution in [2.45, 2.75) is 6.92 Å². The van der Waals surface area contributed by atoms with Gasteiger partial charge in [0.15, 0.2) is 11.5 Å². The zero-order valence-electron chi connectivity index (χ0n) is 17.5. The van der Waals surface area contributed by atoms with Crippen molar-refractivity contribution in [3.63, 3.8) is 0 Å². The number of hydrogen-bond donors (Lipinski definition) is 7. The lowest BCUT2D eigenvalue weighted by molar-refractivity contribution is -0.135. The van der Waals surface area contributed by atoms with E-state index in [1.54, 1.807) is 19.2 Å². The van der Waals surface area contributed by atoms with Crippen LogP contribution in [0.15, 0.2) is 47.3 Å². The number of fused-ring (bicyclic) bond motifs is 1. The molecule has 2 aromatic carbocycles. The standard InChI is InChI=1S/C18H17N5O3.C3H7NO2/c1-2-26-14-9-11(10-3-6-12(24)7-4-10)5-8-13(14)16-19-17-15(18(25)20-16)21-23-22-17;1-4-2-3(5)6/h3-9,21,23-24H,2H2,1H3,(H2,19,20,22,25);4H,2H2,1H3,(H,5,6). The second-order valence-electron chi connectivity index (χ2n) is 6.63. The number of benzene rings is 2. The molecular weight excluding hydrogens is 416 g/mol. The average molecular weight is 440 g/mol. The first-order valence-electron chi connectivity index (χ1n) is 9.77. The highest BCUT2D eigenvalue weighted by atomic mass is 16.5. The van der Waals surface area contributed by atoms with Gasteiger partial charge in [0.25, 0.3) is 5.56 Å². The van der Waals surface area contributed by atoms with Crippen molar-refractivity contribution in [3.05, 3.63) is 52.8 Å². The maximum absolute atomic E-state index is 12.2. The van der Waals surface area contributed by atoms with Gasteiger partial charge < -0.3 is 25.3 Å². The summed E-state index contributed by atoms with van der Waals surface area (Å²) in [6.45, 7) is 2.41. The quantitative estimate of drug-likeness (QED) is 0.301. The fourth-order valence-electron chi connectivity index (χ4n) is 2.94. The van der Waals surface area contributed by atoms with Crippen LogP contribution in [0.25, 0.3) is 22.5 Å². The summed E-state index contributed by atoms with van der Waals surface area (Å²) in [7, 11) is 1.59. The summed E-state index contributed by atoms with van der Waals surface area (Å²) in [5, 5.41) is 19.8. The van der Waals surface area contributed by atoms with Crippen LogP contribution in [0.3, 0.4) is 0 Å². The Hall–Kier alpha value is -4.09. The minimum atomic E-state index is -0.822. The summed E-state index contributed by atoms with van der Waals surface area (Å²) in [5.41, 5.74) is 10.8. The molecule has 168 valence electrons. The molecule has 0 aliphatic carbocycles. The number of nitrogens with zero attached hydrogens (tertiary/aromatic N) is 1. The highest BCUT2D eigenvalue weighted by molar-refractivity contribution is 5.76. The molecule has 7 N–H and O–H groups in total. The number of phenols is 1. The van der Waals surface area contributed by atoms with Gasteiger partial charge in [-0.05, 0) is 49.4 Å². The van der Waals surface area contributed by atoms with E-state index in [1.165, 1.54) is 0 Å². The van der Waals surface area contributed by atoms with Gasteiger partial charge in [-0.15, -0.1) is 5.53 Å². The van der Waals surface area contributed by atoms with Crippen LogP contribution in [0.5, 0.6) is 11.5 Å². The third-order valence-corrected chi connectivity index (χ3v) is 4.35. The predicted molar refractivity (Wildman–Crippen MR) is 121 cm³/mol. The molecule has 1 aliphatic heterocycles. The van der Waals surface area contributed by atoms with Crippen LogP contribution in [-0.4, -0.2) is 46.3 Å². The third kappa shape index (κ3) is 5.33. The van der Waals surface area contributed by atoms with Crippen LogP contribution in [0.1, 0.15) is 6.92 Å². The number of ether oxygens (including phenoxy) is 1. The van der Waals surface area contributed by atoms with Crippen LogP contribution in [0, 0.1) is 0 Å². The van der Waals surface area contributed by atoms with E-state index in [1.807, 2.05) is 37.3 Å². The first-order valence-corrected chi connectivity index (χ1v) is 9.77. The number of likely N-dealkylation sites (N-methyl/N-ethyl adjacent to an activating group) is 1. The van der Waals surface area contributed by atoms with Gasteiger partial charge in [-0.3, -0.25) is 20.4 Å². The van der Waals surface area contributed by atoms with Gasteiger partial charge in [0.05, 0.1) is 18.7 Å². The molecule has 3 aromatic rings. The van der Waals surface area contributed by atoms with E-state index in [-0.39, 0.29) is 17.9 Å². The number of aromatic hydroxyl groups is 1. The number of hydrazine groups is 2. The number of anilines is 2. The molecule has 0 atom stereocenters. The number of aromatic nitrogens is 2. The van der Waals surface area contributed by atoms with Crippen molar-refractivity contribution in [2.24, 2.45) is 0 Å². The predicted octanol–water partition coefficient (Wildman–Crippen LogP) is 1.76. The number of carbonyl (C=O) groups is 1. The molecule has 1 aromatic heterocycles. The zero-order valence-corrected chi connectivity index (χ0v) is 17.5. The first kappa shape index (κ1) is 22.6. The van der Waals surface area contributed by atoms with E-state index in [0.29, 0.717) is 35.2 Å². The van der Waals surface area contributed by atoms with E-state index >= 15 is 0 Å². The Bertz CT molecular complexity index is 1150. The Morgan fingerprint density at radius 3 is 2.47 bits per heavy atom. The molecule has 0 spiro atoms. The van der Waals surface area contributed by atoms with Gasteiger partial charge in [0, 0.05) is 0 Å². The molecule has 2 heterocycles. The van der Waals surface area contributed by atoms with Crippen LogP contribution in [0.4, 0.5) is 11.5 Å².